The SMILES string of the molecule is CCC(C)CCCCCCCCCCCCCCCCCCCCC(=O)O[C@H](COC(=O)CCCCCCCCCCCCCCCCCC(C)C)COP(=O)(O)OC[C@@H](O)COP(=O)(O)OC[C@@H](COC(=O)CCCCCCCCCCC(C)CC)OC(=O)CCCCCCCCCCCCC(C)C. The monoisotopic (exact) mass is 1540 g/mol. The largest absolute Gasteiger partial charge is 0.472 e. The minimum atomic E-state index is -4.97. The zero-order chi connectivity index (χ0) is 77.4. The van der Waals surface area contributed by atoms with E-state index in [0.717, 1.165) is 114 Å². The van der Waals surface area contributed by atoms with Crippen molar-refractivity contribution in [3.63, 3.8) is 0 Å². The lowest BCUT2D eigenvalue weighted by Crippen LogP contribution is -2.30. The van der Waals surface area contributed by atoms with E-state index in [9.17, 15) is 43.2 Å². The minimum Gasteiger partial charge on any atom is -0.462 e. The van der Waals surface area contributed by atoms with E-state index in [1.165, 1.54) is 250 Å². The van der Waals surface area contributed by atoms with E-state index in [1.807, 2.05) is 0 Å². The molecule has 4 unspecified atom stereocenters. The summed E-state index contributed by atoms with van der Waals surface area (Å²) in [6.07, 6.45) is 63.8. The van der Waals surface area contributed by atoms with Gasteiger partial charge >= 0.3 is 39.5 Å². The number of unbranched alkanes of at least 4 members (excludes halogenated alkanes) is 47. The first-order valence-electron chi connectivity index (χ1n) is 44.3. The highest BCUT2D eigenvalue weighted by molar-refractivity contribution is 7.47. The quantitative estimate of drug-likeness (QED) is 0.0222. The zero-order valence-corrected chi connectivity index (χ0v) is 71.2. The molecule has 3 N–H and O–H groups in total. The lowest BCUT2D eigenvalue weighted by atomic mass is 9.99. The van der Waals surface area contributed by atoms with Crippen LogP contribution in [0.2, 0.25) is 0 Å². The number of aliphatic hydroxyl groups excluding tert-OH is 1. The second kappa shape index (κ2) is 74.8. The van der Waals surface area contributed by atoms with Crippen LogP contribution in [0.5, 0.6) is 0 Å². The lowest BCUT2D eigenvalue weighted by molar-refractivity contribution is -0.161. The minimum absolute atomic E-state index is 0.105. The average Bonchev–Trinajstić information content (AvgIpc) is 0.924. The topological polar surface area (TPSA) is 237 Å². The van der Waals surface area contributed by atoms with Crippen molar-refractivity contribution in [3.8, 4) is 0 Å². The van der Waals surface area contributed by atoms with Gasteiger partial charge in [-0.15, -0.1) is 0 Å². The molecule has 0 aliphatic carbocycles. The van der Waals surface area contributed by atoms with Crippen LogP contribution >= 0.6 is 15.6 Å². The number of carbonyl (C=O) groups is 4. The van der Waals surface area contributed by atoms with E-state index in [-0.39, 0.29) is 25.7 Å². The molecule has 0 aromatic rings. The Morgan fingerprint density at radius 2 is 0.457 bits per heavy atom. The number of ether oxygens (including phenoxy) is 4. The fourth-order valence-corrected chi connectivity index (χ4v) is 14.8. The maximum atomic E-state index is 13.2. The van der Waals surface area contributed by atoms with Crippen molar-refractivity contribution in [1.29, 1.82) is 0 Å². The zero-order valence-electron chi connectivity index (χ0n) is 69.4. The standard InChI is InChI=1S/C86H168O17P2/c1-9-78(7)64-56-48-40-32-25-21-17-13-11-12-14-18-23-27-34-44-52-60-68-85(90)102-81(72-96-83(88)66-58-50-42-33-26-22-19-15-16-20-24-30-38-46-54-62-76(3)4)74-100-104(92,93)98-70-80(87)71-99-105(94,95)101-75-82(73-97-84(89)67-59-51-43-37-36-41-49-57-65-79(8)10-2)103-86(91)69-61-53-45-35-29-28-31-39-47-55-63-77(5)6/h76-82,87H,9-75H2,1-8H3,(H,92,93)(H,94,95)/t78?,79?,80-,81-,82-/m1/s1. The van der Waals surface area contributed by atoms with Gasteiger partial charge in [0.15, 0.2) is 12.2 Å². The van der Waals surface area contributed by atoms with Gasteiger partial charge in [-0.3, -0.25) is 37.3 Å². The Balaban J connectivity index is 5.24. The summed E-state index contributed by atoms with van der Waals surface area (Å²) in [6.45, 7) is 14.4. The van der Waals surface area contributed by atoms with Crippen molar-refractivity contribution in [2.24, 2.45) is 23.7 Å². The van der Waals surface area contributed by atoms with Crippen molar-refractivity contribution in [3.05, 3.63) is 0 Å². The molecule has 17 nitrogen and oxygen atoms in total. The molecule has 105 heavy (non-hydrogen) atoms. The number of phosphoric ester groups is 2. The highest BCUT2D eigenvalue weighted by atomic mass is 31.2. The van der Waals surface area contributed by atoms with Crippen LogP contribution in [-0.2, 0) is 65.4 Å². The third-order valence-corrected chi connectivity index (χ3v) is 22.7. The van der Waals surface area contributed by atoms with Crippen molar-refractivity contribution in [1.82, 2.24) is 0 Å². The average molecular weight is 1540 g/mol. The summed E-state index contributed by atoms with van der Waals surface area (Å²) in [5.74, 6) is 1.10. The van der Waals surface area contributed by atoms with E-state index in [4.69, 9.17) is 37.0 Å². The molecule has 0 aliphatic rings. The predicted octanol–water partition coefficient (Wildman–Crippen LogP) is 25.9. The molecule has 0 aromatic heterocycles. The van der Waals surface area contributed by atoms with Crippen LogP contribution in [0.3, 0.4) is 0 Å². The second-order valence-electron chi connectivity index (χ2n) is 32.4. The molecule has 19 heteroatoms. The number of hydrogen-bond acceptors (Lipinski definition) is 15. The number of carbonyl (C=O) groups excluding carboxylic acids is 4. The van der Waals surface area contributed by atoms with Crippen LogP contribution in [0.15, 0.2) is 0 Å². The molecular formula is C86H168O17P2. The Morgan fingerprint density at radius 1 is 0.267 bits per heavy atom. The van der Waals surface area contributed by atoms with Crippen molar-refractivity contribution in [2.45, 2.75) is 465 Å². The van der Waals surface area contributed by atoms with E-state index < -0.39 is 97.5 Å². The Bertz CT molecular complexity index is 2050. The smallest absolute Gasteiger partial charge is 0.462 e. The summed E-state index contributed by atoms with van der Waals surface area (Å²) < 4.78 is 68.9. The van der Waals surface area contributed by atoms with E-state index in [2.05, 4.69) is 55.4 Å². The number of phosphoric acid groups is 2. The van der Waals surface area contributed by atoms with Gasteiger partial charge in [-0.25, -0.2) is 9.13 Å². The Hall–Kier alpha value is -1.94. The Morgan fingerprint density at radius 3 is 0.676 bits per heavy atom. The van der Waals surface area contributed by atoms with E-state index in [1.54, 1.807) is 0 Å². The van der Waals surface area contributed by atoms with Gasteiger partial charge in [-0.2, -0.15) is 0 Å². The van der Waals surface area contributed by atoms with E-state index >= 15 is 0 Å². The molecule has 0 fully saturated rings. The molecule has 7 atom stereocenters. The first-order valence-corrected chi connectivity index (χ1v) is 47.3. The van der Waals surface area contributed by atoms with Gasteiger partial charge in [0.1, 0.15) is 19.3 Å². The van der Waals surface area contributed by atoms with Crippen molar-refractivity contribution in [2.75, 3.05) is 39.6 Å². The Kier molecular flexibility index (Phi) is 73.4. The summed E-state index contributed by atoms with van der Waals surface area (Å²) in [5.41, 5.74) is 0. The molecular weight excluding hydrogens is 1370 g/mol. The van der Waals surface area contributed by atoms with E-state index in [0.29, 0.717) is 25.7 Å². The second-order valence-corrected chi connectivity index (χ2v) is 35.3. The van der Waals surface area contributed by atoms with Crippen molar-refractivity contribution >= 4 is 39.5 Å². The highest BCUT2D eigenvalue weighted by Gasteiger charge is 2.31. The predicted molar refractivity (Wildman–Crippen MR) is 432 cm³/mol. The number of esters is 4. The van der Waals surface area contributed by atoms with Gasteiger partial charge < -0.3 is 33.8 Å². The summed E-state index contributed by atoms with van der Waals surface area (Å²) in [5, 5.41) is 10.7. The van der Waals surface area contributed by atoms with Gasteiger partial charge in [0.25, 0.3) is 0 Å². The summed E-state index contributed by atoms with van der Waals surface area (Å²) >= 11 is 0. The van der Waals surface area contributed by atoms with Gasteiger partial charge in [0.05, 0.1) is 26.4 Å². The molecule has 0 spiro atoms. The fraction of sp³-hybridized carbons (Fsp3) is 0.953. The normalized spacial score (nSPS) is 14.4. The van der Waals surface area contributed by atoms with Crippen LogP contribution in [0, 0.1) is 23.7 Å². The van der Waals surface area contributed by atoms with Gasteiger partial charge in [-0.1, -0.05) is 396 Å². The molecule has 0 saturated heterocycles. The van der Waals surface area contributed by atoms with Crippen LogP contribution < -0.4 is 0 Å². The number of rotatable bonds is 83. The number of aliphatic hydroxyl groups is 1. The van der Waals surface area contributed by atoms with Crippen LogP contribution in [0.1, 0.15) is 447 Å². The molecule has 0 radical (unpaired) electrons. The molecule has 0 bridgehead atoms. The molecule has 0 saturated carbocycles. The molecule has 0 heterocycles. The summed E-state index contributed by atoms with van der Waals surface area (Å²) in [7, 11) is -9.93. The van der Waals surface area contributed by atoms with Crippen molar-refractivity contribution < 1.29 is 80.2 Å². The summed E-state index contributed by atoms with van der Waals surface area (Å²) in [6, 6.07) is 0. The van der Waals surface area contributed by atoms with Crippen LogP contribution in [-0.4, -0.2) is 96.7 Å². The molecule has 0 rings (SSSR count). The summed E-state index contributed by atoms with van der Waals surface area (Å²) in [4.78, 5) is 73.2. The van der Waals surface area contributed by atoms with Gasteiger partial charge in [0.2, 0.25) is 0 Å². The highest BCUT2D eigenvalue weighted by Crippen LogP contribution is 2.45. The molecule has 0 aliphatic heterocycles. The maximum Gasteiger partial charge on any atom is 0.472 e. The lowest BCUT2D eigenvalue weighted by Gasteiger charge is -2.21. The Labute approximate surface area is 645 Å². The third kappa shape index (κ3) is 77.2. The molecule has 0 aromatic carbocycles. The van der Waals surface area contributed by atoms with Crippen LogP contribution in [0.4, 0.5) is 0 Å². The maximum absolute atomic E-state index is 13.2. The first-order chi connectivity index (χ1) is 50.7. The van der Waals surface area contributed by atoms with Crippen LogP contribution in [0.25, 0.3) is 0 Å². The molecule has 624 valence electrons. The molecule has 0 amide bonds. The number of hydrogen-bond donors (Lipinski definition) is 3. The fourth-order valence-electron chi connectivity index (χ4n) is 13.3. The van der Waals surface area contributed by atoms with Gasteiger partial charge in [-0.05, 0) is 49.4 Å². The van der Waals surface area contributed by atoms with Gasteiger partial charge in [0, 0.05) is 25.7 Å². The third-order valence-electron chi connectivity index (χ3n) is 20.8. The first kappa shape index (κ1) is 103.